The van der Waals surface area contributed by atoms with Gasteiger partial charge in [-0.1, -0.05) is 22.0 Å². The van der Waals surface area contributed by atoms with Gasteiger partial charge in [-0.25, -0.2) is 4.39 Å². The first-order valence-electron chi connectivity index (χ1n) is 5.98. The second-order valence-electron chi connectivity index (χ2n) is 4.78. The van der Waals surface area contributed by atoms with Crippen LogP contribution in [0.1, 0.15) is 12.0 Å². The summed E-state index contributed by atoms with van der Waals surface area (Å²) in [7, 11) is 2.15. The molecule has 0 saturated carbocycles. The molecule has 2 rings (SSSR count). The minimum absolute atomic E-state index is 0.143. The van der Waals surface area contributed by atoms with E-state index in [0.717, 1.165) is 23.1 Å². The van der Waals surface area contributed by atoms with E-state index >= 15 is 0 Å². The second kappa shape index (κ2) is 5.94. The molecule has 0 amide bonds. The van der Waals surface area contributed by atoms with Crippen LogP contribution in [0.2, 0.25) is 0 Å². The topological polar surface area (TPSA) is 15.3 Å². The van der Waals surface area contributed by atoms with E-state index in [4.69, 9.17) is 0 Å². The van der Waals surface area contributed by atoms with Gasteiger partial charge < -0.3 is 10.2 Å². The Hall–Kier alpha value is -0.450. The molecular weight excluding hydrogens is 283 g/mol. The largest absolute Gasteiger partial charge is 0.312 e. The summed E-state index contributed by atoms with van der Waals surface area (Å²) in [6.45, 7) is 3.91. The minimum Gasteiger partial charge on any atom is -0.312 e. The summed E-state index contributed by atoms with van der Waals surface area (Å²) in [6, 6.07) is 5.22. The van der Waals surface area contributed by atoms with E-state index in [1.165, 1.54) is 19.0 Å². The van der Waals surface area contributed by atoms with Crippen molar-refractivity contribution >= 4 is 15.9 Å². The summed E-state index contributed by atoms with van der Waals surface area (Å²) >= 11 is 3.26. The molecule has 1 aliphatic rings. The molecule has 1 aliphatic heterocycles. The lowest BCUT2D eigenvalue weighted by Gasteiger charge is -2.12. The predicted octanol–water partition coefficient (Wildman–Crippen LogP) is 2.63. The molecule has 1 N–H and O–H groups in total. The van der Waals surface area contributed by atoms with Crippen LogP contribution in [-0.2, 0) is 6.54 Å². The normalized spacial score (nSPS) is 21.0. The number of halogens is 2. The van der Waals surface area contributed by atoms with Crippen molar-refractivity contribution < 1.29 is 4.39 Å². The Morgan fingerprint density at radius 3 is 3.00 bits per heavy atom. The Kier molecular flexibility index (Phi) is 4.54. The summed E-state index contributed by atoms with van der Waals surface area (Å²) in [6.07, 6.45) is 1.24. The van der Waals surface area contributed by atoms with E-state index in [0.29, 0.717) is 12.5 Å². The van der Waals surface area contributed by atoms with Crippen LogP contribution in [0, 0.1) is 11.7 Å². The average molecular weight is 301 g/mol. The van der Waals surface area contributed by atoms with Crippen molar-refractivity contribution in [3.63, 3.8) is 0 Å². The number of nitrogens with zero attached hydrogens (tertiary/aromatic N) is 1. The first-order chi connectivity index (χ1) is 8.15. The van der Waals surface area contributed by atoms with Crippen molar-refractivity contribution in [3.8, 4) is 0 Å². The van der Waals surface area contributed by atoms with Gasteiger partial charge >= 0.3 is 0 Å². The van der Waals surface area contributed by atoms with Crippen LogP contribution < -0.4 is 5.32 Å². The molecule has 4 heteroatoms. The minimum atomic E-state index is -0.143. The summed E-state index contributed by atoms with van der Waals surface area (Å²) in [5, 5.41) is 3.34. The van der Waals surface area contributed by atoms with Gasteiger partial charge in [-0.2, -0.15) is 0 Å². The van der Waals surface area contributed by atoms with E-state index in [-0.39, 0.29) is 5.82 Å². The number of hydrogen-bond donors (Lipinski definition) is 1. The number of likely N-dealkylation sites (tertiary alicyclic amines) is 1. The second-order valence-corrected chi connectivity index (χ2v) is 5.70. The fourth-order valence-electron chi connectivity index (χ4n) is 2.27. The van der Waals surface area contributed by atoms with E-state index in [2.05, 4.69) is 33.2 Å². The molecule has 94 valence electrons. The highest BCUT2D eigenvalue weighted by atomic mass is 79.9. The first-order valence-corrected chi connectivity index (χ1v) is 6.77. The molecule has 2 nitrogen and oxygen atoms in total. The molecule has 1 unspecified atom stereocenters. The Bertz CT molecular complexity index is 384. The zero-order valence-electron chi connectivity index (χ0n) is 10.0. The molecule has 0 aliphatic carbocycles. The third-order valence-corrected chi connectivity index (χ3v) is 3.75. The SMILES string of the molecule is CN1CCC(CNCc2ccc(Br)cc2F)C1. The molecule has 1 saturated heterocycles. The molecule has 0 aromatic heterocycles. The van der Waals surface area contributed by atoms with Gasteiger partial charge in [0.15, 0.2) is 0 Å². The van der Waals surface area contributed by atoms with Gasteiger partial charge in [-0.15, -0.1) is 0 Å². The third kappa shape index (κ3) is 3.76. The van der Waals surface area contributed by atoms with Crippen molar-refractivity contribution in [3.05, 3.63) is 34.1 Å². The van der Waals surface area contributed by atoms with Crippen LogP contribution in [-0.4, -0.2) is 31.6 Å². The van der Waals surface area contributed by atoms with Gasteiger partial charge in [-0.05, 0) is 44.6 Å². The third-order valence-electron chi connectivity index (χ3n) is 3.25. The van der Waals surface area contributed by atoms with Gasteiger partial charge in [0, 0.05) is 23.1 Å². The Labute approximate surface area is 110 Å². The van der Waals surface area contributed by atoms with Crippen molar-refractivity contribution in [1.29, 1.82) is 0 Å². The average Bonchev–Trinajstić information content (AvgIpc) is 2.68. The molecule has 1 atom stereocenters. The highest BCUT2D eigenvalue weighted by Crippen LogP contribution is 2.16. The predicted molar refractivity (Wildman–Crippen MR) is 71.4 cm³/mol. The van der Waals surface area contributed by atoms with Crippen LogP contribution in [0.4, 0.5) is 4.39 Å². The first kappa shape index (κ1) is 13.0. The zero-order chi connectivity index (χ0) is 12.3. The Morgan fingerprint density at radius 2 is 2.35 bits per heavy atom. The maximum atomic E-state index is 13.5. The summed E-state index contributed by atoms with van der Waals surface area (Å²) in [5.41, 5.74) is 0.736. The van der Waals surface area contributed by atoms with Gasteiger partial charge in [0.05, 0.1) is 0 Å². The standard InChI is InChI=1S/C13H18BrFN2/c1-17-5-4-10(9-17)7-16-8-11-2-3-12(14)6-13(11)15/h2-3,6,10,16H,4-5,7-9H2,1H3. The molecule has 1 aromatic carbocycles. The summed E-state index contributed by atoms with van der Waals surface area (Å²) in [5.74, 6) is 0.564. The lowest BCUT2D eigenvalue weighted by atomic mass is 10.1. The van der Waals surface area contributed by atoms with Crippen LogP contribution >= 0.6 is 15.9 Å². The Balaban J connectivity index is 1.78. The van der Waals surface area contributed by atoms with Gasteiger partial charge in [-0.3, -0.25) is 0 Å². The number of benzene rings is 1. The van der Waals surface area contributed by atoms with Gasteiger partial charge in [0.1, 0.15) is 5.82 Å². The van der Waals surface area contributed by atoms with E-state index in [1.807, 2.05) is 12.1 Å². The number of hydrogen-bond acceptors (Lipinski definition) is 2. The summed E-state index contributed by atoms with van der Waals surface area (Å²) < 4.78 is 14.3. The fraction of sp³-hybridized carbons (Fsp3) is 0.538. The van der Waals surface area contributed by atoms with Gasteiger partial charge in [0.2, 0.25) is 0 Å². The maximum Gasteiger partial charge on any atom is 0.128 e. The highest BCUT2D eigenvalue weighted by molar-refractivity contribution is 9.10. The molecule has 0 spiro atoms. The fourth-order valence-corrected chi connectivity index (χ4v) is 2.60. The molecule has 17 heavy (non-hydrogen) atoms. The smallest absolute Gasteiger partial charge is 0.128 e. The highest BCUT2D eigenvalue weighted by Gasteiger charge is 2.18. The van der Waals surface area contributed by atoms with Crippen LogP contribution in [0.5, 0.6) is 0 Å². The van der Waals surface area contributed by atoms with E-state index in [1.54, 1.807) is 0 Å². The molecular formula is C13H18BrFN2. The van der Waals surface area contributed by atoms with Crippen LogP contribution in [0.25, 0.3) is 0 Å². The molecule has 1 aromatic rings. The van der Waals surface area contributed by atoms with Crippen molar-refractivity contribution in [2.45, 2.75) is 13.0 Å². The monoisotopic (exact) mass is 300 g/mol. The van der Waals surface area contributed by atoms with E-state index in [9.17, 15) is 4.39 Å². The Morgan fingerprint density at radius 1 is 1.53 bits per heavy atom. The molecule has 0 bridgehead atoms. The molecule has 1 fully saturated rings. The number of rotatable bonds is 4. The summed E-state index contributed by atoms with van der Waals surface area (Å²) in [4.78, 5) is 2.34. The van der Waals surface area contributed by atoms with Crippen LogP contribution in [0.3, 0.4) is 0 Å². The molecule has 1 heterocycles. The zero-order valence-corrected chi connectivity index (χ0v) is 11.6. The van der Waals surface area contributed by atoms with Crippen molar-refractivity contribution in [2.75, 3.05) is 26.7 Å². The van der Waals surface area contributed by atoms with Crippen LogP contribution in [0.15, 0.2) is 22.7 Å². The number of nitrogens with one attached hydrogen (secondary N) is 1. The van der Waals surface area contributed by atoms with Crippen molar-refractivity contribution in [1.82, 2.24) is 10.2 Å². The van der Waals surface area contributed by atoms with Crippen molar-refractivity contribution in [2.24, 2.45) is 5.92 Å². The lowest BCUT2D eigenvalue weighted by Crippen LogP contribution is -2.25. The van der Waals surface area contributed by atoms with E-state index < -0.39 is 0 Å². The molecule has 0 radical (unpaired) electrons. The maximum absolute atomic E-state index is 13.5. The quantitative estimate of drug-likeness (QED) is 0.920. The van der Waals surface area contributed by atoms with Gasteiger partial charge in [0.25, 0.3) is 0 Å². The lowest BCUT2D eigenvalue weighted by molar-refractivity contribution is 0.387.